The van der Waals surface area contributed by atoms with Crippen LogP contribution in [0, 0.1) is 0 Å². The third kappa shape index (κ3) is 4.71. The summed E-state index contributed by atoms with van der Waals surface area (Å²) in [7, 11) is 1.32. The number of methoxy groups -OCH3 is 1. The Morgan fingerprint density at radius 1 is 0.939 bits per heavy atom. The summed E-state index contributed by atoms with van der Waals surface area (Å²) < 4.78 is 5.77. The molecule has 2 amide bonds. The van der Waals surface area contributed by atoms with Crippen LogP contribution in [0.15, 0.2) is 59.1 Å². The van der Waals surface area contributed by atoms with Crippen molar-refractivity contribution >= 4 is 55.9 Å². The molecular formula is C25H24BrN3O4. The molecule has 3 aromatic carbocycles. The number of esters is 1. The minimum Gasteiger partial charge on any atom is -0.465 e. The fourth-order valence-corrected chi connectivity index (χ4v) is 4.58. The lowest BCUT2D eigenvalue weighted by atomic mass is 10.0. The molecule has 4 rings (SSSR count). The maximum Gasteiger partial charge on any atom is 0.337 e. The number of hydrogen-bond acceptors (Lipinski definition) is 5. The van der Waals surface area contributed by atoms with E-state index in [4.69, 9.17) is 4.74 Å². The van der Waals surface area contributed by atoms with Gasteiger partial charge in [-0.1, -0.05) is 40.2 Å². The summed E-state index contributed by atoms with van der Waals surface area (Å²) in [6.07, 6.45) is 0. The molecule has 3 aromatic rings. The van der Waals surface area contributed by atoms with Gasteiger partial charge < -0.3 is 19.9 Å². The van der Waals surface area contributed by atoms with E-state index in [1.54, 1.807) is 30.0 Å². The predicted molar refractivity (Wildman–Crippen MR) is 132 cm³/mol. The number of hydrogen-bond donors (Lipinski definition) is 1. The zero-order valence-corrected chi connectivity index (χ0v) is 20.0. The first-order valence-electron chi connectivity index (χ1n) is 10.6. The van der Waals surface area contributed by atoms with Gasteiger partial charge in [-0.2, -0.15) is 0 Å². The van der Waals surface area contributed by atoms with Crippen molar-refractivity contribution < 1.29 is 19.1 Å². The van der Waals surface area contributed by atoms with Crippen molar-refractivity contribution in [2.45, 2.75) is 6.92 Å². The van der Waals surface area contributed by atoms with Gasteiger partial charge in [-0.25, -0.2) is 4.79 Å². The van der Waals surface area contributed by atoms with Crippen LogP contribution in [0.3, 0.4) is 0 Å². The van der Waals surface area contributed by atoms with Gasteiger partial charge in [0.2, 0.25) is 5.91 Å². The number of ether oxygens (including phenoxy) is 1. The third-order valence-electron chi connectivity index (χ3n) is 5.85. The highest BCUT2D eigenvalue weighted by Gasteiger charge is 2.23. The second-order valence-electron chi connectivity index (χ2n) is 7.81. The molecule has 0 saturated carbocycles. The van der Waals surface area contributed by atoms with E-state index in [0.717, 1.165) is 20.9 Å². The Morgan fingerprint density at radius 2 is 1.64 bits per heavy atom. The second kappa shape index (κ2) is 9.62. The molecule has 1 fully saturated rings. The topological polar surface area (TPSA) is 79.0 Å². The van der Waals surface area contributed by atoms with Gasteiger partial charge >= 0.3 is 5.97 Å². The Morgan fingerprint density at radius 3 is 2.33 bits per heavy atom. The Bertz CT molecular complexity index is 1240. The Labute approximate surface area is 200 Å². The molecule has 8 heteroatoms. The number of piperazine rings is 1. The normalized spacial score (nSPS) is 13.7. The highest BCUT2D eigenvalue weighted by molar-refractivity contribution is 9.10. The van der Waals surface area contributed by atoms with E-state index >= 15 is 0 Å². The summed E-state index contributed by atoms with van der Waals surface area (Å²) in [4.78, 5) is 41.1. The van der Waals surface area contributed by atoms with Crippen molar-refractivity contribution in [2.24, 2.45) is 0 Å². The summed E-state index contributed by atoms with van der Waals surface area (Å²) >= 11 is 3.54. The van der Waals surface area contributed by atoms with Crippen LogP contribution < -0.4 is 10.2 Å². The van der Waals surface area contributed by atoms with Crippen molar-refractivity contribution in [2.75, 3.05) is 43.5 Å². The number of halogens is 1. The minimum absolute atomic E-state index is 0.0475. The highest BCUT2D eigenvalue weighted by atomic mass is 79.9. The number of carbonyl (C=O) groups is 3. The summed E-state index contributed by atoms with van der Waals surface area (Å²) in [6.45, 7) is 4.01. The van der Waals surface area contributed by atoms with E-state index in [0.29, 0.717) is 43.0 Å². The van der Waals surface area contributed by atoms with Crippen LogP contribution in [0.25, 0.3) is 10.8 Å². The van der Waals surface area contributed by atoms with Crippen molar-refractivity contribution in [3.05, 3.63) is 70.2 Å². The number of fused-ring (bicyclic) bond motifs is 1. The molecule has 0 bridgehead atoms. The molecule has 0 atom stereocenters. The van der Waals surface area contributed by atoms with E-state index < -0.39 is 5.97 Å². The average Bonchev–Trinajstić information content (AvgIpc) is 2.83. The Hall–Kier alpha value is -3.39. The highest BCUT2D eigenvalue weighted by Crippen LogP contribution is 2.31. The molecule has 1 aliphatic heterocycles. The van der Waals surface area contributed by atoms with Gasteiger partial charge in [-0.3, -0.25) is 9.59 Å². The summed E-state index contributed by atoms with van der Waals surface area (Å²) in [5, 5.41) is 4.77. The molecular weight excluding hydrogens is 486 g/mol. The molecule has 170 valence electrons. The van der Waals surface area contributed by atoms with Gasteiger partial charge in [0.25, 0.3) is 5.91 Å². The van der Waals surface area contributed by atoms with Gasteiger partial charge in [0.15, 0.2) is 0 Å². The number of carbonyl (C=O) groups excluding carboxylic acids is 3. The van der Waals surface area contributed by atoms with E-state index in [-0.39, 0.29) is 11.8 Å². The number of benzene rings is 3. The maximum atomic E-state index is 13.4. The van der Waals surface area contributed by atoms with Crippen LogP contribution in [0.4, 0.5) is 11.4 Å². The fraction of sp³-hybridized carbons (Fsp3) is 0.240. The van der Waals surface area contributed by atoms with Gasteiger partial charge in [0.05, 0.1) is 24.0 Å². The number of nitrogens with zero attached hydrogens (tertiary/aromatic N) is 2. The number of anilines is 2. The lowest BCUT2D eigenvalue weighted by Gasteiger charge is -2.36. The molecule has 7 nitrogen and oxygen atoms in total. The van der Waals surface area contributed by atoms with Crippen molar-refractivity contribution in [3.63, 3.8) is 0 Å². The standard InChI is InChI=1S/C25H24BrN3O4/c1-16(30)28-11-13-29(14-12-28)23-10-9-17(25(32)33-2)15-22(23)27-24(31)20-7-3-6-19-18(20)5-4-8-21(19)26/h3-10,15H,11-14H2,1-2H3,(H,27,31). The lowest BCUT2D eigenvalue weighted by Crippen LogP contribution is -2.48. The maximum absolute atomic E-state index is 13.4. The van der Waals surface area contributed by atoms with Crippen molar-refractivity contribution in [1.29, 1.82) is 0 Å². The summed E-state index contributed by atoms with van der Waals surface area (Å²) in [5.74, 6) is -0.705. The molecule has 0 aliphatic carbocycles. The first kappa shape index (κ1) is 22.8. The Balaban J connectivity index is 1.68. The molecule has 0 radical (unpaired) electrons. The van der Waals surface area contributed by atoms with Gasteiger partial charge in [-0.05, 0) is 41.1 Å². The van der Waals surface area contributed by atoms with E-state index in [2.05, 4.69) is 26.1 Å². The van der Waals surface area contributed by atoms with Crippen molar-refractivity contribution in [1.82, 2.24) is 4.90 Å². The minimum atomic E-state index is -0.479. The van der Waals surface area contributed by atoms with Crippen LogP contribution in [0.1, 0.15) is 27.6 Å². The van der Waals surface area contributed by atoms with Crippen LogP contribution >= 0.6 is 15.9 Å². The molecule has 1 heterocycles. The SMILES string of the molecule is COC(=O)c1ccc(N2CCN(C(C)=O)CC2)c(NC(=O)c2cccc3c(Br)cccc23)c1. The van der Waals surface area contributed by atoms with E-state index in [1.165, 1.54) is 7.11 Å². The van der Waals surface area contributed by atoms with Crippen LogP contribution in [-0.2, 0) is 9.53 Å². The van der Waals surface area contributed by atoms with Crippen molar-refractivity contribution in [3.8, 4) is 0 Å². The molecule has 0 unspecified atom stereocenters. The average molecular weight is 510 g/mol. The van der Waals surface area contributed by atoms with Gasteiger partial charge in [0.1, 0.15) is 0 Å². The van der Waals surface area contributed by atoms with Crippen LogP contribution in [0.2, 0.25) is 0 Å². The first-order valence-corrected chi connectivity index (χ1v) is 11.4. The number of amides is 2. The third-order valence-corrected chi connectivity index (χ3v) is 6.54. The smallest absolute Gasteiger partial charge is 0.337 e. The summed E-state index contributed by atoms with van der Waals surface area (Å²) in [5.41, 5.74) is 2.19. The van der Waals surface area contributed by atoms with Gasteiger partial charge in [0, 0.05) is 43.1 Å². The molecule has 33 heavy (non-hydrogen) atoms. The van der Waals surface area contributed by atoms with Crippen LogP contribution in [0.5, 0.6) is 0 Å². The second-order valence-corrected chi connectivity index (χ2v) is 8.67. The zero-order valence-electron chi connectivity index (χ0n) is 18.4. The lowest BCUT2D eigenvalue weighted by molar-refractivity contribution is -0.129. The van der Waals surface area contributed by atoms with Gasteiger partial charge in [-0.15, -0.1) is 0 Å². The Kier molecular flexibility index (Phi) is 6.65. The fourth-order valence-electron chi connectivity index (χ4n) is 4.08. The van der Waals surface area contributed by atoms with E-state index in [9.17, 15) is 14.4 Å². The first-order chi connectivity index (χ1) is 15.9. The number of nitrogens with one attached hydrogen (secondary N) is 1. The quantitative estimate of drug-likeness (QED) is 0.530. The molecule has 1 aliphatic rings. The summed E-state index contributed by atoms with van der Waals surface area (Å²) in [6, 6.07) is 16.4. The van der Waals surface area contributed by atoms with Crippen LogP contribution in [-0.4, -0.2) is 56.0 Å². The molecule has 0 spiro atoms. The molecule has 1 N–H and O–H groups in total. The van der Waals surface area contributed by atoms with E-state index in [1.807, 2.05) is 36.4 Å². The zero-order chi connectivity index (χ0) is 23.5. The number of rotatable bonds is 4. The monoisotopic (exact) mass is 509 g/mol. The largest absolute Gasteiger partial charge is 0.465 e. The predicted octanol–water partition coefficient (Wildman–Crippen LogP) is 4.31. The molecule has 0 aromatic heterocycles. The molecule has 1 saturated heterocycles.